The summed E-state index contributed by atoms with van der Waals surface area (Å²) in [6.45, 7) is 6.69. The van der Waals surface area contributed by atoms with E-state index in [4.69, 9.17) is 0 Å². The van der Waals surface area contributed by atoms with E-state index in [1.165, 1.54) is 5.57 Å². The minimum Gasteiger partial charge on any atom is -0.336 e. The molecule has 1 unspecified atom stereocenters. The minimum absolute atomic E-state index is 0.189. The first-order chi connectivity index (χ1) is 6.03. The van der Waals surface area contributed by atoms with E-state index in [-0.39, 0.29) is 5.41 Å². The molecule has 2 heteroatoms. The van der Waals surface area contributed by atoms with E-state index in [9.17, 15) is 0 Å². The van der Waals surface area contributed by atoms with Crippen LogP contribution in [0.4, 0.5) is 0 Å². The second kappa shape index (κ2) is 2.47. The van der Waals surface area contributed by atoms with Crippen LogP contribution in [-0.2, 0) is 0 Å². The Hall–Kier alpha value is -1.05. The van der Waals surface area contributed by atoms with Gasteiger partial charge in [-0.2, -0.15) is 0 Å². The molecule has 0 fully saturated rings. The van der Waals surface area contributed by atoms with Crippen molar-refractivity contribution < 1.29 is 0 Å². The predicted octanol–water partition coefficient (Wildman–Crippen LogP) is 2.20. The largest absolute Gasteiger partial charge is 0.336 e. The monoisotopic (exact) mass is 176 g/mol. The molecule has 0 aromatic rings. The first-order valence-electron chi connectivity index (χ1n) is 4.73. The van der Waals surface area contributed by atoms with Crippen LogP contribution in [0, 0.1) is 5.41 Å². The summed E-state index contributed by atoms with van der Waals surface area (Å²) in [5, 5.41) is 0. The smallest absolute Gasteiger partial charge is 0.131 e. The maximum Gasteiger partial charge on any atom is 0.131 e. The summed E-state index contributed by atoms with van der Waals surface area (Å²) in [6.07, 6.45) is 6.33. The molecule has 0 saturated heterocycles. The molecule has 2 rings (SSSR count). The topological polar surface area (TPSA) is 15.6 Å². The van der Waals surface area contributed by atoms with Gasteiger partial charge in [0.2, 0.25) is 0 Å². The lowest BCUT2D eigenvalue weighted by atomic mass is 9.79. The molecule has 0 aromatic carbocycles. The van der Waals surface area contributed by atoms with Crippen LogP contribution in [0.3, 0.4) is 0 Å². The van der Waals surface area contributed by atoms with Crippen LogP contribution in [0.1, 0.15) is 20.8 Å². The van der Waals surface area contributed by atoms with Crippen molar-refractivity contribution in [2.24, 2.45) is 10.4 Å². The van der Waals surface area contributed by atoms with Crippen LogP contribution in [-0.4, -0.2) is 23.8 Å². The van der Waals surface area contributed by atoms with Crippen molar-refractivity contribution in [1.82, 2.24) is 4.90 Å². The lowest BCUT2D eigenvalue weighted by Gasteiger charge is -2.27. The van der Waals surface area contributed by atoms with Crippen molar-refractivity contribution in [2.75, 3.05) is 7.05 Å². The van der Waals surface area contributed by atoms with Crippen LogP contribution in [0.5, 0.6) is 0 Å². The molecule has 0 aromatic heterocycles. The molecule has 2 aliphatic rings. The van der Waals surface area contributed by atoms with Gasteiger partial charge in [0.15, 0.2) is 0 Å². The zero-order chi connectivity index (χ0) is 9.64. The third-order valence-corrected chi connectivity index (χ3v) is 3.20. The molecular weight excluding hydrogens is 160 g/mol. The Morgan fingerprint density at radius 1 is 1.46 bits per heavy atom. The highest BCUT2D eigenvalue weighted by atomic mass is 15.2. The second-order valence-electron chi connectivity index (χ2n) is 4.38. The van der Waals surface area contributed by atoms with Crippen LogP contribution < -0.4 is 0 Å². The highest BCUT2D eigenvalue weighted by Gasteiger charge is 2.39. The second-order valence-corrected chi connectivity index (χ2v) is 4.38. The number of hydrogen-bond acceptors (Lipinski definition) is 2. The third-order valence-electron chi connectivity index (χ3n) is 3.20. The summed E-state index contributed by atoms with van der Waals surface area (Å²) < 4.78 is 0. The number of allylic oxidation sites excluding steroid dienone is 2. The van der Waals surface area contributed by atoms with Gasteiger partial charge in [-0.1, -0.05) is 19.9 Å². The fourth-order valence-electron chi connectivity index (χ4n) is 1.84. The Balaban J connectivity index is 2.48. The number of fused-ring (bicyclic) bond motifs is 1. The Morgan fingerprint density at radius 3 is 2.77 bits per heavy atom. The van der Waals surface area contributed by atoms with E-state index in [2.05, 4.69) is 56.1 Å². The quantitative estimate of drug-likeness (QED) is 0.552. The first kappa shape index (κ1) is 8.54. The molecule has 0 N–H and O–H groups in total. The molecule has 0 saturated carbocycles. The molecule has 2 heterocycles. The van der Waals surface area contributed by atoms with Crippen LogP contribution in [0.2, 0.25) is 0 Å². The van der Waals surface area contributed by atoms with Crippen molar-refractivity contribution in [2.45, 2.75) is 26.8 Å². The van der Waals surface area contributed by atoms with Gasteiger partial charge in [0.25, 0.3) is 0 Å². The maximum atomic E-state index is 4.67. The lowest BCUT2D eigenvalue weighted by Crippen LogP contribution is -2.29. The van der Waals surface area contributed by atoms with Gasteiger partial charge in [0.1, 0.15) is 5.84 Å². The van der Waals surface area contributed by atoms with Crippen molar-refractivity contribution in [3.05, 3.63) is 23.9 Å². The number of rotatable bonds is 0. The Kier molecular flexibility index (Phi) is 1.62. The number of nitrogens with zero attached hydrogens (tertiary/aromatic N) is 2. The summed E-state index contributed by atoms with van der Waals surface area (Å²) in [4.78, 5) is 6.77. The van der Waals surface area contributed by atoms with Crippen molar-refractivity contribution in [1.29, 1.82) is 0 Å². The van der Waals surface area contributed by atoms with Gasteiger partial charge in [-0.3, -0.25) is 4.99 Å². The van der Waals surface area contributed by atoms with Crippen LogP contribution >= 0.6 is 0 Å². The summed E-state index contributed by atoms with van der Waals surface area (Å²) in [5.41, 5.74) is 1.55. The number of amidine groups is 1. The normalized spacial score (nSPS) is 29.8. The van der Waals surface area contributed by atoms with E-state index < -0.39 is 0 Å². The number of likely N-dealkylation sites (N-methyl/N-ethyl adjacent to an activating group) is 1. The van der Waals surface area contributed by atoms with Gasteiger partial charge in [-0.15, -0.1) is 0 Å². The van der Waals surface area contributed by atoms with E-state index in [0.29, 0.717) is 6.04 Å². The maximum absolute atomic E-state index is 4.67. The molecule has 0 amide bonds. The van der Waals surface area contributed by atoms with Crippen LogP contribution in [0.15, 0.2) is 28.9 Å². The average Bonchev–Trinajstić information content (AvgIpc) is 2.28. The molecule has 70 valence electrons. The Bertz CT molecular complexity index is 321. The van der Waals surface area contributed by atoms with Gasteiger partial charge < -0.3 is 4.90 Å². The standard InChI is InChI=1S/C11H16N2/c1-8-11(2,3)9-6-5-7-13(4)10(9)12-8/h5-8H,1-4H3. The van der Waals surface area contributed by atoms with E-state index >= 15 is 0 Å². The molecule has 0 radical (unpaired) electrons. The summed E-state index contributed by atoms with van der Waals surface area (Å²) in [5.74, 6) is 1.14. The van der Waals surface area contributed by atoms with Crippen molar-refractivity contribution >= 4 is 5.84 Å². The van der Waals surface area contributed by atoms with Crippen LogP contribution in [0.25, 0.3) is 0 Å². The Morgan fingerprint density at radius 2 is 2.15 bits per heavy atom. The molecule has 2 aliphatic heterocycles. The highest BCUT2D eigenvalue weighted by molar-refractivity contribution is 6.03. The van der Waals surface area contributed by atoms with E-state index in [1.54, 1.807) is 0 Å². The van der Waals surface area contributed by atoms with E-state index in [0.717, 1.165) is 5.84 Å². The van der Waals surface area contributed by atoms with Gasteiger partial charge in [0, 0.05) is 24.2 Å². The minimum atomic E-state index is 0.189. The fraction of sp³-hybridized carbons (Fsp3) is 0.545. The zero-order valence-electron chi connectivity index (χ0n) is 8.70. The molecule has 13 heavy (non-hydrogen) atoms. The van der Waals surface area contributed by atoms with Gasteiger partial charge in [0.05, 0.1) is 6.04 Å². The highest BCUT2D eigenvalue weighted by Crippen LogP contribution is 2.40. The predicted molar refractivity (Wildman–Crippen MR) is 55.7 cm³/mol. The van der Waals surface area contributed by atoms with Crippen molar-refractivity contribution in [3.8, 4) is 0 Å². The summed E-state index contributed by atoms with van der Waals surface area (Å²) in [6, 6.07) is 0.385. The van der Waals surface area contributed by atoms with E-state index in [1.807, 2.05) is 0 Å². The molecule has 1 atom stereocenters. The first-order valence-corrected chi connectivity index (χ1v) is 4.73. The fourth-order valence-corrected chi connectivity index (χ4v) is 1.84. The molecule has 2 nitrogen and oxygen atoms in total. The Labute approximate surface area is 79.7 Å². The van der Waals surface area contributed by atoms with Gasteiger partial charge >= 0.3 is 0 Å². The lowest BCUT2D eigenvalue weighted by molar-refractivity contribution is 0.403. The van der Waals surface area contributed by atoms with Gasteiger partial charge in [-0.25, -0.2) is 0 Å². The number of hydrogen-bond donors (Lipinski definition) is 0. The molecule has 0 spiro atoms. The molecule has 0 aliphatic carbocycles. The van der Waals surface area contributed by atoms with Gasteiger partial charge in [-0.05, 0) is 13.0 Å². The summed E-state index contributed by atoms with van der Waals surface area (Å²) >= 11 is 0. The zero-order valence-corrected chi connectivity index (χ0v) is 8.70. The molecule has 0 bridgehead atoms. The average molecular weight is 176 g/mol. The molecular formula is C11H16N2. The third kappa shape index (κ3) is 1.05. The summed E-state index contributed by atoms with van der Waals surface area (Å²) in [7, 11) is 2.05. The van der Waals surface area contributed by atoms with Crippen molar-refractivity contribution in [3.63, 3.8) is 0 Å². The SMILES string of the molecule is CC1N=C2C(=CC=CN2C)C1(C)C. The number of aliphatic imine (C=N–C) groups is 1.